The number of hydrogen-bond donors (Lipinski definition) is 1. The van der Waals surface area contributed by atoms with Gasteiger partial charge in [-0.3, -0.25) is 14.5 Å². The molecule has 1 fully saturated rings. The van der Waals surface area contributed by atoms with E-state index in [4.69, 9.17) is 16.3 Å². The predicted molar refractivity (Wildman–Crippen MR) is 121 cm³/mol. The summed E-state index contributed by atoms with van der Waals surface area (Å²) in [5.41, 5.74) is 1.95. The third-order valence-electron chi connectivity index (χ3n) is 5.50. The van der Waals surface area contributed by atoms with Crippen molar-refractivity contribution in [1.29, 1.82) is 0 Å². The van der Waals surface area contributed by atoms with Crippen LogP contribution in [-0.4, -0.2) is 33.1 Å². The summed E-state index contributed by atoms with van der Waals surface area (Å²) in [6.45, 7) is 3.73. The highest BCUT2D eigenvalue weighted by Gasteiger charge is 2.48. The molecule has 1 saturated heterocycles. The van der Waals surface area contributed by atoms with E-state index in [2.05, 4.69) is 10.2 Å². The molecule has 0 bridgehead atoms. The van der Waals surface area contributed by atoms with Crippen LogP contribution >= 0.6 is 22.9 Å². The van der Waals surface area contributed by atoms with Gasteiger partial charge >= 0.3 is 5.91 Å². The number of carbonyl (C=O) groups excluding carboxylic acids is 2. The number of aromatic nitrogens is 2. The fourth-order valence-electron chi connectivity index (χ4n) is 4.13. The fraction of sp³-hybridized carbons (Fsp3) is 0.217. The van der Waals surface area contributed by atoms with Gasteiger partial charge in [0.2, 0.25) is 5.13 Å². The van der Waals surface area contributed by atoms with Crippen molar-refractivity contribution in [2.24, 2.45) is 0 Å². The Labute approximate surface area is 192 Å². The minimum Gasteiger partial charge on any atom is -0.507 e. The molecule has 3 heterocycles. The number of aliphatic hydroxyl groups is 1. The summed E-state index contributed by atoms with van der Waals surface area (Å²) >= 11 is 7.41. The van der Waals surface area contributed by atoms with E-state index in [1.54, 1.807) is 49.4 Å². The Morgan fingerprint density at radius 1 is 1.22 bits per heavy atom. The van der Waals surface area contributed by atoms with Gasteiger partial charge in [0.15, 0.2) is 0 Å². The molecule has 7 nitrogen and oxygen atoms in total. The molecule has 32 heavy (non-hydrogen) atoms. The topological polar surface area (TPSA) is 92.6 Å². The van der Waals surface area contributed by atoms with Gasteiger partial charge in [0.25, 0.3) is 5.78 Å². The van der Waals surface area contributed by atoms with Crippen molar-refractivity contribution < 1.29 is 19.4 Å². The first-order valence-electron chi connectivity index (χ1n) is 10.00. The Hall–Kier alpha value is -3.23. The van der Waals surface area contributed by atoms with Gasteiger partial charge in [-0.1, -0.05) is 35.1 Å². The summed E-state index contributed by atoms with van der Waals surface area (Å²) in [6, 6.07) is 11.2. The highest BCUT2D eigenvalue weighted by molar-refractivity contribution is 7.15. The summed E-state index contributed by atoms with van der Waals surface area (Å²) in [7, 11) is 0. The number of Topliss-reactive ketones (excluding diaryl/α,β-unsaturated/α-hetero) is 1. The van der Waals surface area contributed by atoms with E-state index in [1.807, 2.05) is 6.92 Å². The maximum atomic E-state index is 13.2. The Balaban J connectivity index is 1.69. The minimum atomic E-state index is -0.885. The quantitative estimate of drug-likeness (QED) is 0.347. The molecule has 0 radical (unpaired) electrons. The number of rotatable bonds is 3. The highest BCUT2D eigenvalue weighted by atomic mass is 35.5. The molecule has 2 aliphatic heterocycles. The molecule has 2 unspecified atom stereocenters. The second kappa shape index (κ2) is 7.72. The van der Waals surface area contributed by atoms with Crippen molar-refractivity contribution in [3.05, 3.63) is 74.8 Å². The Bertz CT molecular complexity index is 1300. The molecule has 2 aliphatic rings. The van der Waals surface area contributed by atoms with E-state index in [0.29, 0.717) is 27.6 Å². The van der Waals surface area contributed by atoms with Gasteiger partial charge in [0, 0.05) is 17.0 Å². The van der Waals surface area contributed by atoms with Gasteiger partial charge in [-0.05, 0) is 55.3 Å². The molecule has 0 spiro atoms. The van der Waals surface area contributed by atoms with E-state index in [0.717, 1.165) is 11.3 Å². The number of carbonyl (C=O) groups is 2. The molecule has 162 valence electrons. The van der Waals surface area contributed by atoms with Gasteiger partial charge in [-0.2, -0.15) is 0 Å². The number of anilines is 1. The molecule has 2 aromatic carbocycles. The van der Waals surface area contributed by atoms with E-state index < -0.39 is 17.7 Å². The normalized spacial score (nSPS) is 21.7. The largest absolute Gasteiger partial charge is 0.507 e. The monoisotopic (exact) mass is 467 g/mol. The van der Waals surface area contributed by atoms with E-state index >= 15 is 0 Å². The SMILES string of the molecule is Cc1nnc(N2C(=O)C(=O)C(=C(O)c3ccc4c(c3)CC(C)O4)C2c2cccc(Cl)c2)s1. The number of ether oxygens (including phenoxy) is 1. The molecule has 1 amide bonds. The molecule has 1 aromatic heterocycles. The van der Waals surface area contributed by atoms with Crippen LogP contribution in [-0.2, 0) is 16.0 Å². The van der Waals surface area contributed by atoms with Crippen LogP contribution < -0.4 is 9.64 Å². The average Bonchev–Trinajstić information content (AvgIpc) is 3.42. The van der Waals surface area contributed by atoms with Crippen LogP contribution in [0.3, 0.4) is 0 Å². The predicted octanol–water partition coefficient (Wildman–Crippen LogP) is 4.45. The summed E-state index contributed by atoms with van der Waals surface area (Å²) < 4.78 is 5.73. The Kier molecular flexibility index (Phi) is 4.98. The zero-order valence-electron chi connectivity index (χ0n) is 17.2. The maximum Gasteiger partial charge on any atom is 0.301 e. The number of aryl methyl sites for hydroxylation is 1. The van der Waals surface area contributed by atoms with E-state index in [-0.39, 0.29) is 22.6 Å². The minimum absolute atomic E-state index is 0.0166. The van der Waals surface area contributed by atoms with Crippen LogP contribution in [0.1, 0.15) is 34.7 Å². The number of benzene rings is 2. The first-order chi connectivity index (χ1) is 15.3. The number of ketones is 1. The van der Waals surface area contributed by atoms with Crippen molar-refractivity contribution in [3.8, 4) is 5.75 Å². The second-order valence-electron chi connectivity index (χ2n) is 7.78. The van der Waals surface area contributed by atoms with Crippen LogP contribution in [0.5, 0.6) is 5.75 Å². The van der Waals surface area contributed by atoms with Crippen LogP contribution in [0.2, 0.25) is 5.02 Å². The number of amides is 1. The van der Waals surface area contributed by atoms with Crippen molar-refractivity contribution in [3.63, 3.8) is 0 Å². The summed E-state index contributed by atoms with van der Waals surface area (Å²) in [4.78, 5) is 27.5. The van der Waals surface area contributed by atoms with E-state index in [9.17, 15) is 14.7 Å². The molecule has 9 heteroatoms. The average molecular weight is 468 g/mol. The maximum absolute atomic E-state index is 13.2. The van der Waals surface area contributed by atoms with Crippen molar-refractivity contribution in [2.45, 2.75) is 32.4 Å². The third-order valence-corrected chi connectivity index (χ3v) is 6.57. The lowest BCUT2D eigenvalue weighted by atomic mass is 9.94. The second-order valence-corrected chi connectivity index (χ2v) is 9.38. The first kappa shape index (κ1) is 20.7. The lowest BCUT2D eigenvalue weighted by Crippen LogP contribution is -2.29. The number of halogens is 1. The molecular weight excluding hydrogens is 450 g/mol. The van der Waals surface area contributed by atoms with Gasteiger partial charge in [0.05, 0.1) is 11.6 Å². The van der Waals surface area contributed by atoms with Gasteiger partial charge in [-0.25, -0.2) is 0 Å². The lowest BCUT2D eigenvalue weighted by molar-refractivity contribution is -0.132. The van der Waals surface area contributed by atoms with Gasteiger partial charge < -0.3 is 9.84 Å². The summed E-state index contributed by atoms with van der Waals surface area (Å²) in [5, 5.41) is 20.7. The van der Waals surface area contributed by atoms with E-state index in [1.165, 1.54) is 16.2 Å². The summed E-state index contributed by atoms with van der Waals surface area (Å²) in [5.74, 6) is -1.05. The van der Waals surface area contributed by atoms with Gasteiger partial charge in [0.1, 0.15) is 22.6 Å². The molecular formula is C23H18ClN3O4S. The number of fused-ring (bicyclic) bond motifs is 1. The zero-order valence-corrected chi connectivity index (χ0v) is 18.8. The fourth-order valence-corrected chi connectivity index (χ4v) is 5.04. The number of nitrogens with zero attached hydrogens (tertiary/aromatic N) is 3. The molecule has 2 atom stereocenters. The van der Waals surface area contributed by atoms with Gasteiger partial charge in [-0.15, -0.1) is 10.2 Å². The molecule has 0 aliphatic carbocycles. The number of aliphatic hydroxyl groups excluding tert-OH is 1. The Morgan fingerprint density at radius 2 is 2.03 bits per heavy atom. The first-order valence-corrected chi connectivity index (χ1v) is 11.2. The Morgan fingerprint density at radius 3 is 2.75 bits per heavy atom. The summed E-state index contributed by atoms with van der Waals surface area (Å²) in [6.07, 6.45) is 0.743. The zero-order chi connectivity index (χ0) is 22.6. The number of hydrogen-bond acceptors (Lipinski definition) is 7. The van der Waals surface area contributed by atoms with Crippen LogP contribution in [0.4, 0.5) is 5.13 Å². The third kappa shape index (κ3) is 3.36. The van der Waals surface area contributed by atoms with Crippen molar-refractivity contribution >= 4 is 45.5 Å². The van der Waals surface area contributed by atoms with Crippen LogP contribution in [0.15, 0.2) is 48.0 Å². The molecule has 1 N–H and O–H groups in total. The highest BCUT2D eigenvalue weighted by Crippen LogP contribution is 2.44. The van der Waals surface area contributed by atoms with Crippen LogP contribution in [0, 0.1) is 6.92 Å². The molecule has 5 rings (SSSR count). The van der Waals surface area contributed by atoms with Crippen LogP contribution in [0.25, 0.3) is 5.76 Å². The lowest BCUT2D eigenvalue weighted by Gasteiger charge is -2.22. The standard InChI is InChI=1S/C23H18ClN3O4S/c1-11-8-15-9-14(6-7-17(15)31-11)20(28)18-19(13-4-3-5-16(24)10-13)27(22(30)21(18)29)23-26-25-12(2)32-23/h3-7,9-11,19,28H,8H2,1-2H3. The molecule has 0 saturated carbocycles. The van der Waals surface area contributed by atoms with Crippen molar-refractivity contribution in [1.82, 2.24) is 10.2 Å². The molecule has 3 aromatic rings. The van der Waals surface area contributed by atoms with Crippen molar-refractivity contribution in [2.75, 3.05) is 4.90 Å². The smallest absolute Gasteiger partial charge is 0.301 e.